The van der Waals surface area contributed by atoms with Crippen LogP contribution >= 0.6 is 11.3 Å². The van der Waals surface area contributed by atoms with Gasteiger partial charge in [-0.25, -0.2) is 9.37 Å². The molecule has 2 aromatic rings. The van der Waals surface area contributed by atoms with Gasteiger partial charge in [-0.3, -0.25) is 0 Å². The Morgan fingerprint density at radius 2 is 2.29 bits per heavy atom. The van der Waals surface area contributed by atoms with E-state index in [1.807, 2.05) is 6.07 Å². The molecule has 2 nitrogen and oxygen atoms in total. The Hall–Kier alpha value is -1.73. The fourth-order valence-electron chi connectivity index (χ4n) is 1.08. The van der Waals surface area contributed by atoms with Gasteiger partial charge in [-0.1, -0.05) is 12.1 Å². The molecule has 2 rings (SSSR count). The third kappa shape index (κ3) is 1.63. The fourth-order valence-corrected chi connectivity index (χ4v) is 1.79. The van der Waals surface area contributed by atoms with E-state index in [1.165, 1.54) is 29.7 Å². The second-order valence-corrected chi connectivity index (χ2v) is 3.68. The highest BCUT2D eigenvalue weighted by atomic mass is 32.1. The van der Waals surface area contributed by atoms with E-state index in [0.29, 0.717) is 15.4 Å². The molecule has 0 amide bonds. The molecule has 0 saturated heterocycles. The number of hydrogen-bond donors (Lipinski definition) is 0. The van der Waals surface area contributed by atoms with E-state index in [4.69, 9.17) is 5.26 Å². The first kappa shape index (κ1) is 8.85. The molecular formula is C10H5FN2S. The van der Waals surface area contributed by atoms with Gasteiger partial charge >= 0.3 is 0 Å². The van der Waals surface area contributed by atoms with Crippen LogP contribution in [-0.2, 0) is 0 Å². The molecule has 0 radical (unpaired) electrons. The maximum absolute atomic E-state index is 12.9. The summed E-state index contributed by atoms with van der Waals surface area (Å²) < 4.78 is 12.9. The quantitative estimate of drug-likeness (QED) is 0.716. The van der Waals surface area contributed by atoms with Gasteiger partial charge in [0.15, 0.2) is 0 Å². The number of nitriles is 1. The van der Waals surface area contributed by atoms with Crippen LogP contribution in [0.2, 0.25) is 0 Å². The van der Waals surface area contributed by atoms with E-state index in [2.05, 4.69) is 4.98 Å². The molecule has 68 valence electrons. The summed E-state index contributed by atoms with van der Waals surface area (Å²) in [6, 6.07) is 8.16. The van der Waals surface area contributed by atoms with Crippen molar-refractivity contribution in [2.45, 2.75) is 0 Å². The van der Waals surface area contributed by atoms with Crippen LogP contribution in [0.1, 0.15) is 4.88 Å². The van der Waals surface area contributed by atoms with Gasteiger partial charge in [0, 0.05) is 5.56 Å². The first-order chi connectivity index (χ1) is 6.79. The second kappa shape index (κ2) is 3.56. The third-order valence-electron chi connectivity index (χ3n) is 1.69. The number of aromatic nitrogens is 1. The first-order valence-electron chi connectivity index (χ1n) is 3.91. The minimum absolute atomic E-state index is 0.295. The maximum atomic E-state index is 12.9. The lowest BCUT2D eigenvalue weighted by atomic mass is 10.2. The predicted molar refractivity (Wildman–Crippen MR) is 52.2 cm³/mol. The molecule has 0 aliphatic heterocycles. The van der Waals surface area contributed by atoms with E-state index in [1.54, 1.807) is 12.1 Å². The smallest absolute Gasteiger partial charge is 0.125 e. The van der Waals surface area contributed by atoms with Crippen LogP contribution in [0.25, 0.3) is 10.6 Å². The van der Waals surface area contributed by atoms with Crippen molar-refractivity contribution in [3.05, 3.63) is 41.2 Å². The topological polar surface area (TPSA) is 36.7 Å². The van der Waals surface area contributed by atoms with Crippen LogP contribution < -0.4 is 0 Å². The lowest BCUT2D eigenvalue weighted by Gasteiger charge is -1.94. The fraction of sp³-hybridized carbons (Fsp3) is 0. The standard InChI is InChI=1S/C10H5FN2S/c11-8-3-1-2-7(4-8)10-13-6-9(5-12)14-10/h1-4,6H. The number of thiazole rings is 1. The maximum Gasteiger partial charge on any atom is 0.125 e. The number of nitrogens with zero attached hydrogens (tertiary/aromatic N) is 2. The van der Waals surface area contributed by atoms with E-state index < -0.39 is 0 Å². The zero-order valence-corrected chi connectivity index (χ0v) is 7.88. The second-order valence-electron chi connectivity index (χ2n) is 2.65. The molecule has 0 aliphatic rings. The van der Waals surface area contributed by atoms with Crippen molar-refractivity contribution < 1.29 is 4.39 Å². The Bertz CT molecular complexity index is 499. The summed E-state index contributed by atoms with van der Waals surface area (Å²) in [4.78, 5) is 4.56. The van der Waals surface area contributed by atoms with Gasteiger partial charge in [-0.2, -0.15) is 5.26 Å². The van der Waals surface area contributed by atoms with E-state index in [0.717, 1.165) is 0 Å². The Labute approximate surface area is 84.3 Å². The molecule has 0 unspecified atom stereocenters. The molecular weight excluding hydrogens is 199 g/mol. The van der Waals surface area contributed by atoms with Crippen LogP contribution in [0.15, 0.2) is 30.5 Å². The van der Waals surface area contributed by atoms with Gasteiger partial charge < -0.3 is 0 Å². The van der Waals surface area contributed by atoms with Crippen LogP contribution in [-0.4, -0.2) is 4.98 Å². The van der Waals surface area contributed by atoms with Crippen molar-refractivity contribution in [1.82, 2.24) is 4.98 Å². The lowest BCUT2D eigenvalue weighted by molar-refractivity contribution is 0.628. The molecule has 0 bridgehead atoms. The minimum Gasteiger partial charge on any atom is -0.243 e. The number of hydrogen-bond acceptors (Lipinski definition) is 3. The van der Waals surface area contributed by atoms with Crippen LogP contribution in [0.4, 0.5) is 4.39 Å². The molecule has 1 aromatic heterocycles. The zero-order chi connectivity index (χ0) is 9.97. The van der Waals surface area contributed by atoms with E-state index in [9.17, 15) is 4.39 Å². The highest BCUT2D eigenvalue weighted by Crippen LogP contribution is 2.24. The van der Waals surface area contributed by atoms with Gasteiger partial charge in [-0.05, 0) is 12.1 Å². The van der Waals surface area contributed by atoms with Crippen molar-refractivity contribution in [2.24, 2.45) is 0 Å². The normalized spacial score (nSPS) is 9.71. The van der Waals surface area contributed by atoms with Crippen LogP contribution in [0.5, 0.6) is 0 Å². The Morgan fingerprint density at radius 1 is 1.43 bits per heavy atom. The molecule has 0 N–H and O–H groups in total. The largest absolute Gasteiger partial charge is 0.243 e. The molecule has 14 heavy (non-hydrogen) atoms. The predicted octanol–water partition coefficient (Wildman–Crippen LogP) is 2.82. The van der Waals surface area contributed by atoms with Crippen molar-refractivity contribution >= 4 is 11.3 Å². The van der Waals surface area contributed by atoms with Crippen LogP contribution in [0.3, 0.4) is 0 Å². The van der Waals surface area contributed by atoms with Gasteiger partial charge in [0.25, 0.3) is 0 Å². The van der Waals surface area contributed by atoms with Gasteiger partial charge in [0.2, 0.25) is 0 Å². The number of halogens is 1. The van der Waals surface area contributed by atoms with Crippen molar-refractivity contribution in [2.75, 3.05) is 0 Å². The van der Waals surface area contributed by atoms with Crippen molar-refractivity contribution in [3.63, 3.8) is 0 Å². The lowest BCUT2D eigenvalue weighted by Crippen LogP contribution is -1.77. The van der Waals surface area contributed by atoms with Gasteiger partial charge in [-0.15, -0.1) is 11.3 Å². The SMILES string of the molecule is N#Cc1cnc(-c2cccc(F)c2)s1. The third-order valence-corrected chi connectivity index (χ3v) is 2.64. The van der Waals surface area contributed by atoms with Crippen molar-refractivity contribution in [1.29, 1.82) is 5.26 Å². The van der Waals surface area contributed by atoms with Gasteiger partial charge in [0.05, 0.1) is 6.20 Å². The summed E-state index contributed by atoms with van der Waals surface area (Å²) in [7, 11) is 0. The first-order valence-corrected chi connectivity index (χ1v) is 4.73. The monoisotopic (exact) mass is 204 g/mol. The molecule has 0 fully saturated rings. The summed E-state index contributed by atoms with van der Waals surface area (Å²) in [6.07, 6.45) is 1.49. The van der Waals surface area contributed by atoms with Gasteiger partial charge in [0.1, 0.15) is 21.8 Å². The highest BCUT2D eigenvalue weighted by molar-refractivity contribution is 7.15. The summed E-state index contributed by atoms with van der Waals surface area (Å²) >= 11 is 1.26. The summed E-state index contributed by atoms with van der Waals surface area (Å²) in [5.41, 5.74) is 0.705. The van der Waals surface area contributed by atoms with Crippen molar-refractivity contribution in [3.8, 4) is 16.6 Å². The van der Waals surface area contributed by atoms with E-state index >= 15 is 0 Å². The molecule has 0 spiro atoms. The Morgan fingerprint density at radius 3 is 2.93 bits per heavy atom. The molecule has 0 saturated carbocycles. The average Bonchev–Trinajstić information content (AvgIpc) is 2.66. The average molecular weight is 204 g/mol. The molecule has 1 heterocycles. The molecule has 4 heteroatoms. The molecule has 0 aliphatic carbocycles. The highest BCUT2D eigenvalue weighted by Gasteiger charge is 2.04. The zero-order valence-electron chi connectivity index (χ0n) is 7.07. The van der Waals surface area contributed by atoms with Crippen LogP contribution in [0, 0.1) is 17.1 Å². The molecule has 1 aromatic carbocycles. The number of rotatable bonds is 1. The summed E-state index contributed by atoms with van der Waals surface area (Å²) in [6.45, 7) is 0. The van der Waals surface area contributed by atoms with E-state index in [-0.39, 0.29) is 5.82 Å². The Balaban J connectivity index is 2.45. The summed E-state index contributed by atoms with van der Waals surface area (Å²) in [5, 5.41) is 9.27. The minimum atomic E-state index is -0.295. The number of benzene rings is 1. The Kier molecular flexibility index (Phi) is 2.25. The molecule has 0 atom stereocenters. The summed E-state index contributed by atoms with van der Waals surface area (Å²) in [5.74, 6) is -0.295.